The number of halogens is 4. The van der Waals surface area contributed by atoms with Crippen molar-refractivity contribution in [3.05, 3.63) is 56.4 Å². The normalized spacial score (nSPS) is 16.1. The topological polar surface area (TPSA) is 95.9 Å². The van der Waals surface area contributed by atoms with E-state index in [1.54, 1.807) is 6.07 Å². The fourth-order valence-corrected chi connectivity index (χ4v) is 5.62. The van der Waals surface area contributed by atoms with E-state index in [0.29, 0.717) is 9.64 Å². The highest BCUT2D eigenvalue weighted by Gasteiger charge is 2.55. The third kappa shape index (κ3) is 4.94. The Morgan fingerprint density at radius 2 is 1.90 bits per heavy atom. The van der Waals surface area contributed by atoms with Crippen LogP contribution in [0, 0.1) is 21.0 Å². The van der Waals surface area contributed by atoms with Crippen molar-refractivity contribution in [1.29, 1.82) is 0 Å². The maximum atomic E-state index is 14.8. The second-order valence-corrected chi connectivity index (χ2v) is 10.8. The summed E-state index contributed by atoms with van der Waals surface area (Å²) >= 11 is 1.91. The van der Waals surface area contributed by atoms with Crippen LogP contribution in [0.1, 0.15) is 30.4 Å². The number of rotatable bonds is 9. The molecule has 0 amide bonds. The molecule has 3 N–H and O–H groups in total. The second-order valence-electron chi connectivity index (χ2n) is 7.47. The molecule has 1 saturated carbocycles. The lowest BCUT2D eigenvalue weighted by molar-refractivity contribution is 0.0858. The molecule has 0 saturated heterocycles. The van der Waals surface area contributed by atoms with Crippen molar-refractivity contribution >= 4 is 38.3 Å². The largest absolute Gasteiger partial charge is 0.494 e. The Morgan fingerprint density at radius 3 is 2.45 bits per heavy atom. The first-order chi connectivity index (χ1) is 14.5. The summed E-state index contributed by atoms with van der Waals surface area (Å²) < 4.78 is 76.0. The molecule has 170 valence electrons. The maximum absolute atomic E-state index is 14.8. The molecule has 0 unspecified atom stereocenters. The number of ether oxygens (including phenoxy) is 1. The van der Waals surface area contributed by atoms with E-state index in [2.05, 4.69) is 4.72 Å². The highest BCUT2D eigenvalue weighted by Crippen LogP contribution is 2.49. The van der Waals surface area contributed by atoms with Crippen LogP contribution in [-0.4, -0.2) is 43.2 Å². The van der Waals surface area contributed by atoms with Gasteiger partial charge in [-0.3, -0.25) is 4.72 Å². The summed E-state index contributed by atoms with van der Waals surface area (Å²) in [5.41, 5.74) is -0.688. The van der Waals surface area contributed by atoms with Gasteiger partial charge in [-0.05, 0) is 59.5 Å². The van der Waals surface area contributed by atoms with Crippen molar-refractivity contribution < 1.29 is 36.5 Å². The summed E-state index contributed by atoms with van der Waals surface area (Å²) in [6.45, 7) is -0.608. The monoisotopic (exact) mass is 571 g/mol. The van der Waals surface area contributed by atoms with Crippen molar-refractivity contribution in [2.75, 3.05) is 18.4 Å². The lowest BCUT2D eigenvalue weighted by Gasteiger charge is -2.23. The molecule has 0 spiro atoms. The molecule has 6 nitrogen and oxygen atoms in total. The zero-order valence-electron chi connectivity index (χ0n) is 16.5. The number of benzene rings is 2. The smallest absolute Gasteiger partial charge is 0.238 e. The average molecular weight is 571 g/mol. The van der Waals surface area contributed by atoms with Crippen LogP contribution in [-0.2, 0) is 16.4 Å². The van der Waals surface area contributed by atoms with Crippen LogP contribution < -0.4 is 9.46 Å². The Hall–Kier alpha value is -1.57. The van der Waals surface area contributed by atoms with Crippen LogP contribution in [0.15, 0.2) is 24.3 Å². The minimum Gasteiger partial charge on any atom is -0.494 e. The number of sulfonamides is 1. The van der Waals surface area contributed by atoms with Gasteiger partial charge in [0.15, 0.2) is 11.6 Å². The highest BCUT2D eigenvalue weighted by molar-refractivity contribution is 14.1. The molecule has 0 aliphatic heterocycles. The van der Waals surface area contributed by atoms with Gasteiger partial charge in [0.05, 0.1) is 30.3 Å². The van der Waals surface area contributed by atoms with Crippen LogP contribution >= 0.6 is 22.6 Å². The quantitative estimate of drug-likeness (QED) is 0.402. The van der Waals surface area contributed by atoms with Crippen LogP contribution in [0.4, 0.5) is 18.9 Å². The molecule has 1 atom stereocenters. The minimum absolute atomic E-state index is 0.0456. The number of methoxy groups -OCH3 is 1. The van der Waals surface area contributed by atoms with E-state index in [1.807, 2.05) is 22.6 Å². The van der Waals surface area contributed by atoms with Crippen molar-refractivity contribution in [3.8, 4) is 5.75 Å². The summed E-state index contributed by atoms with van der Waals surface area (Å²) in [6, 6.07) is 4.94. The van der Waals surface area contributed by atoms with E-state index in [0.717, 1.165) is 0 Å². The van der Waals surface area contributed by atoms with Gasteiger partial charge in [-0.1, -0.05) is 6.07 Å². The lowest BCUT2D eigenvalue weighted by atomic mass is 10.0. The summed E-state index contributed by atoms with van der Waals surface area (Å²) in [4.78, 5) is 0. The van der Waals surface area contributed by atoms with Gasteiger partial charge >= 0.3 is 0 Å². The third-order valence-corrected chi connectivity index (χ3v) is 8.17. The highest BCUT2D eigenvalue weighted by atomic mass is 127. The summed E-state index contributed by atoms with van der Waals surface area (Å²) in [6.07, 6.45) is -1.43. The number of hydrogen-bond donors (Lipinski definition) is 3. The van der Waals surface area contributed by atoms with E-state index in [1.165, 1.54) is 19.2 Å². The Kier molecular flexibility index (Phi) is 7.08. The Bertz CT molecular complexity index is 1090. The van der Waals surface area contributed by atoms with Crippen molar-refractivity contribution in [2.45, 2.75) is 36.5 Å². The number of hydrogen-bond acceptors (Lipinski definition) is 5. The number of nitrogens with one attached hydrogen (secondary N) is 1. The number of aliphatic hydroxyl groups is 2. The first kappa shape index (κ1) is 24.1. The predicted octanol–water partition coefficient (Wildman–Crippen LogP) is 3.33. The van der Waals surface area contributed by atoms with Gasteiger partial charge in [0, 0.05) is 21.6 Å². The van der Waals surface area contributed by atoms with E-state index in [-0.39, 0.29) is 36.3 Å². The van der Waals surface area contributed by atoms with Crippen LogP contribution in [0.5, 0.6) is 5.75 Å². The Labute approximate surface area is 191 Å². The maximum Gasteiger partial charge on any atom is 0.238 e. The molecule has 2 aromatic rings. The van der Waals surface area contributed by atoms with Gasteiger partial charge in [0.25, 0.3) is 0 Å². The lowest BCUT2D eigenvalue weighted by Crippen LogP contribution is -2.34. The zero-order chi connectivity index (χ0) is 23.0. The molecule has 11 heteroatoms. The van der Waals surface area contributed by atoms with E-state index in [9.17, 15) is 26.7 Å². The molecule has 3 rings (SSSR count). The Balaban J connectivity index is 2.06. The fourth-order valence-electron chi connectivity index (χ4n) is 3.41. The van der Waals surface area contributed by atoms with Gasteiger partial charge in [-0.15, -0.1) is 0 Å². The van der Waals surface area contributed by atoms with E-state index in [4.69, 9.17) is 9.84 Å². The van der Waals surface area contributed by atoms with E-state index >= 15 is 0 Å². The van der Waals surface area contributed by atoms with Gasteiger partial charge in [-0.25, -0.2) is 21.6 Å². The summed E-state index contributed by atoms with van der Waals surface area (Å²) in [7, 11) is -3.02. The zero-order valence-corrected chi connectivity index (χ0v) is 19.4. The first-order valence-electron chi connectivity index (χ1n) is 9.33. The van der Waals surface area contributed by atoms with Gasteiger partial charge in [0.1, 0.15) is 11.6 Å². The molecule has 1 fully saturated rings. The first-order valence-corrected chi connectivity index (χ1v) is 11.9. The number of anilines is 1. The van der Waals surface area contributed by atoms with Gasteiger partial charge in [-0.2, -0.15) is 0 Å². The van der Waals surface area contributed by atoms with Gasteiger partial charge < -0.3 is 14.9 Å². The molecule has 0 heterocycles. The Morgan fingerprint density at radius 1 is 1.23 bits per heavy atom. The predicted molar refractivity (Wildman–Crippen MR) is 117 cm³/mol. The van der Waals surface area contributed by atoms with Crippen LogP contribution in [0.2, 0.25) is 0 Å². The molecule has 31 heavy (non-hydrogen) atoms. The SMILES string of the molecule is COc1cc(F)c(F)c(Cc2ccc(I)cc2F)c1NS(=O)(=O)C1(C[C@H](O)CO)CC1. The number of aliphatic hydroxyl groups excluding tert-OH is 2. The van der Waals surface area contributed by atoms with E-state index < -0.39 is 56.9 Å². The van der Waals surface area contributed by atoms with Crippen LogP contribution in [0.25, 0.3) is 0 Å². The molecule has 0 radical (unpaired) electrons. The molecular weight excluding hydrogens is 550 g/mol. The average Bonchev–Trinajstić information content (AvgIpc) is 3.50. The summed E-state index contributed by atoms with van der Waals surface area (Å²) in [5, 5.41) is 18.8. The summed E-state index contributed by atoms with van der Waals surface area (Å²) in [5.74, 6) is -3.50. The minimum atomic E-state index is -4.19. The van der Waals surface area contributed by atoms with Crippen molar-refractivity contribution in [3.63, 3.8) is 0 Å². The molecule has 0 aromatic heterocycles. The molecule has 0 bridgehead atoms. The van der Waals surface area contributed by atoms with Gasteiger partial charge in [0.2, 0.25) is 10.0 Å². The third-order valence-electron chi connectivity index (χ3n) is 5.32. The molecule has 2 aromatic carbocycles. The molecular formula is C20H21F3INO5S. The van der Waals surface area contributed by atoms with Crippen molar-refractivity contribution in [2.24, 2.45) is 0 Å². The molecule has 1 aliphatic carbocycles. The second kappa shape index (κ2) is 9.12. The fraction of sp³-hybridized carbons (Fsp3) is 0.400. The van der Waals surface area contributed by atoms with Crippen LogP contribution in [0.3, 0.4) is 0 Å². The molecule has 1 aliphatic rings. The van der Waals surface area contributed by atoms with Crippen molar-refractivity contribution in [1.82, 2.24) is 0 Å². The standard InChI is InChI=1S/C20H21F3INO5S/c1-30-17-8-16(22)18(23)14(6-11-2-3-12(24)7-15(11)21)19(17)25-31(28,29)20(4-5-20)9-13(27)10-26/h2-3,7-8,13,25-27H,4-6,9-10H2,1H3/t13-/m0/s1.